The van der Waals surface area contributed by atoms with Crippen molar-refractivity contribution in [3.63, 3.8) is 0 Å². The molecule has 0 aliphatic heterocycles. The van der Waals surface area contributed by atoms with Gasteiger partial charge in [0.15, 0.2) is 0 Å². The number of hydrogen-bond acceptors (Lipinski definition) is 8. The maximum Gasteiger partial charge on any atom is 0.0819 e. The first-order valence-electron chi connectivity index (χ1n) is 17.8. The topological polar surface area (TPSA) is 84.8 Å². The van der Waals surface area contributed by atoms with E-state index in [1.165, 1.54) is 77.0 Å². The fraction of sp³-hybridized carbons (Fsp3) is 1.00. The average molecular weight is 679 g/mol. The van der Waals surface area contributed by atoms with Gasteiger partial charge < -0.3 is 28.4 Å². The largest absolute Gasteiger partial charge is 0.385 e. The summed E-state index contributed by atoms with van der Waals surface area (Å²) in [5, 5.41) is 7.70. The maximum absolute atomic E-state index is 7.70. The lowest BCUT2D eigenvalue weighted by Crippen LogP contribution is -1.90. The predicted octanol–water partition coefficient (Wildman–Crippen LogP) is 11.9. The number of ether oxygens (including phenoxy) is 6. The minimum Gasteiger partial charge on any atom is -0.385 e. The molecule has 0 aliphatic carbocycles. The SMILES string of the molecule is C.C.CCCCOC.CCCCOC.CCCCOC.CCCCOC.CCCCOCC.CCCCOCC.CCCCOO. The van der Waals surface area contributed by atoms with E-state index < -0.39 is 0 Å². The molecule has 294 valence electrons. The summed E-state index contributed by atoms with van der Waals surface area (Å²) in [6.45, 7) is 26.7. The van der Waals surface area contributed by atoms with Crippen LogP contribution in [0, 0.1) is 0 Å². The van der Waals surface area contributed by atoms with Gasteiger partial charge in [0.1, 0.15) is 0 Å². The molecule has 0 radical (unpaired) electrons. The van der Waals surface area contributed by atoms with Crippen molar-refractivity contribution >= 4 is 0 Å². The zero-order valence-electron chi connectivity index (χ0n) is 32.6. The molecule has 0 amide bonds. The molecule has 0 unspecified atom stereocenters. The summed E-state index contributed by atoms with van der Waals surface area (Å²) in [5.74, 6) is 0. The van der Waals surface area contributed by atoms with Crippen molar-refractivity contribution < 1.29 is 38.6 Å². The van der Waals surface area contributed by atoms with Crippen molar-refractivity contribution in [1.82, 2.24) is 0 Å². The Balaban J connectivity index is -0.0000000493. The highest BCUT2D eigenvalue weighted by atomic mass is 17.1. The van der Waals surface area contributed by atoms with Gasteiger partial charge in [0, 0.05) is 81.3 Å². The Morgan fingerprint density at radius 1 is 0.326 bits per heavy atom. The van der Waals surface area contributed by atoms with E-state index in [-0.39, 0.29) is 14.9 Å². The Bertz CT molecular complexity index is 241. The van der Waals surface area contributed by atoms with Crippen molar-refractivity contribution in [2.24, 2.45) is 0 Å². The van der Waals surface area contributed by atoms with Gasteiger partial charge in [-0.3, -0.25) is 5.26 Å². The first kappa shape index (κ1) is 67.8. The fourth-order valence-electron chi connectivity index (χ4n) is 2.15. The molecule has 0 aromatic rings. The average Bonchev–Trinajstić information content (AvgIpc) is 3.05. The van der Waals surface area contributed by atoms with Gasteiger partial charge in [-0.2, -0.15) is 0 Å². The van der Waals surface area contributed by atoms with Crippen LogP contribution in [-0.2, 0) is 33.3 Å². The molecular weight excluding hydrogens is 584 g/mol. The first-order valence-corrected chi connectivity index (χ1v) is 17.8. The van der Waals surface area contributed by atoms with Gasteiger partial charge in [-0.1, -0.05) is 108 Å². The molecule has 46 heavy (non-hydrogen) atoms. The maximum atomic E-state index is 7.70. The summed E-state index contributed by atoms with van der Waals surface area (Å²) >= 11 is 0. The van der Waals surface area contributed by atoms with Crippen LogP contribution in [-0.4, -0.2) is 93.2 Å². The molecule has 8 nitrogen and oxygen atoms in total. The van der Waals surface area contributed by atoms with Crippen LogP contribution in [0.4, 0.5) is 0 Å². The van der Waals surface area contributed by atoms with E-state index in [1.807, 2.05) is 20.8 Å². The van der Waals surface area contributed by atoms with E-state index in [4.69, 9.17) is 33.7 Å². The number of hydrogen-bond donors (Lipinski definition) is 1. The second-order valence-electron chi connectivity index (χ2n) is 9.67. The fourth-order valence-corrected chi connectivity index (χ4v) is 2.15. The zero-order valence-corrected chi connectivity index (χ0v) is 32.6. The van der Waals surface area contributed by atoms with Gasteiger partial charge in [0.2, 0.25) is 0 Å². The second kappa shape index (κ2) is 96.8. The van der Waals surface area contributed by atoms with Crippen LogP contribution in [0.1, 0.15) is 167 Å². The summed E-state index contributed by atoms with van der Waals surface area (Å²) in [4.78, 5) is 3.78. The van der Waals surface area contributed by atoms with E-state index in [9.17, 15) is 0 Å². The summed E-state index contributed by atoms with van der Waals surface area (Å²) in [6, 6.07) is 0. The van der Waals surface area contributed by atoms with Crippen molar-refractivity contribution in [3.8, 4) is 0 Å². The van der Waals surface area contributed by atoms with Gasteiger partial charge in [0.25, 0.3) is 0 Å². The molecule has 0 aromatic carbocycles. The van der Waals surface area contributed by atoms with Crippen molar-refractivity contribution in [2.75, 3.05) is 87.9 Å². The van der Waals surface area contributed by atoms with Gasteiger partial charge in [-0.15, -0.1) is 0 Å². The molecule has 1 N–H and O–H groups in total. The lowest BCUT2D eigenvalue weighted by molar-refractivity contribution is -0.242. The highest BCUT2D eigenvalue weighted by Crippen LogP contribution is 1.87. The predicted molar refractivity (Wildman–Crippen MR) is 207 cm³/mol. The van der Waals surface area contributed by atoms with E-state index >= 15 is 0 Å². The Morgan fingerprint density at radius 3 is 0.630 bits per heavy atom. The lowest BCUT2D eigenvalue weighted by Gasteiger charge is -1.94. The summed E-state index contributed by atoms with van der Waals surface area (Å²) in [6.07, 6.45) is 16.6. The molecule has 0 aromatic heterocycles. The Morgan fingerprint density at radius 2 is 0.522 bits per heavy atom. The van der Waals surface area contributed by atoms with Crippen LogP contribution < -0.4 is 0 Å². The first-order chi connectivity index (χ1) is 21.4. The van der Waals surface area contributed by atoms with Crippen LogP contribution in [0.5, 0.6) is 0 Å². The van der Waals surface area contributed by atoms with E-state index in [0.29, 0.717) is 6.61 Å². The normalized spacial score (nSPS) is 8.74. The van der Waals surface area contributed by atoms with Crippen molar-refractivity contribution in [2.45, 2.75) is 167 Å². The molecule has 0 heterocycles. The molecule has 0 rings (SSSR count). The summed E-state index contributed by atoms with van der Waals surface area (Å²) in [5.41, 5.74) is 0. The Hall–Kier alpha value is -0.320. The summed E-state index contributed by atoms with van der Waals surface area (Å²) < 4.78 is 29.3. The zero-order chi connectivity index (χ0) is 35.2. The van der Waals surface area contributed by atoms with E-state index in [0.717, 1.165) is 65.7 Å². The molecule has 0 spiro atoms. The van der Waals surface area contributed by atoms with Crippen molar-refractivity contribution in [3.05, 3.63) is 0 Å². The molecule has 8 heteroatoms. The Kier molecular flexibility index (Phi) is 143. The van der Waals surface area contributed by atoms with Gasteiger partial charge >= 0.3 is 0 Å². The number of unbranched alkanes of at least 4 members (excludes halogenated alkanes) is 7. The van der Waals surface area contributed by atoms with Crippen LogP contribution in [0.15, 0.2) is 0 Å². The monoisotopic (exact) mass is 679 g/mol. The Labute approximate surface area is 293 Å². The number of rotatable bonds is 23. The highest BCUT2D eigenvalue weighted by Gasteiger charge is 1.80. The van der Waals surface area contributed by atoms with Crippen LogP contribution in [0.25, 0.3) is 0 Å². The highest BCUT2D eigenvalue weighted by molar-refractivity contribution is 4.30. The third kappa shape index (κ3) is 155. The smallest absolute Gasteiger partial charge is 0.0819 e. The molecule has 0 fully saturated rings. The van der Waals surface area contributed by atoms with Gasteiger partial charge in [-0.05, 0) is 58.8 Å². The van der Waals surface area contributed by atoms with E-state index in [1.54, 1.807) is 28.4 Å². The van der Waals surface area contributed by atoms with Crippen LogP contribution >= 0.6 is 0 Å². The molecule has 0 aliphatic rings. The molecule has 0 atom stereocenters. The molecule has 0 saturated carbocycles. The van der Waals surface area contributed by atoms with Gasteiger partial charge in [-0.25, -0.2) is 4.89 Å². The van der Waals surface area contributed by atoms with Crippen LogP contribution in [0.3, 0.4) is 0 Å². The molecular formula is C38H94O8. The summed E-state index contributed by atoms with van der Waals surface area (Å²) in [7, 11) is 6.93. The van der Waals surface area contributed by atoms with Gasteiger partial charge in [0.05, 0.1) is 6.61 Å². The van der Waals surface area contributed by atoms with Crippen LogP contribution in [0.2, 0.25) is 0 Å². The lowest BCUT2D eigenvalue weighted by atomic mass is 10.4. The molecule has 0 bridgehead atoms. The minimum absolute atomic E-state index is 0. The quantitative estimate of drug-likeness (QED) is 0.0649. The number of methoxy groups -OCH3 is 4. The van der Waals surface area contributed by atoms with Crippen molar-refractivity contribution in [1.29, 1.82) is 0 Å². The third-order valence-corrected chi connectivity index (χ3v) is 5.09. The third-order valence-electron chi connectivity index (χ3n) is 5.09. The second-order valence-corrected chi connectivity index (χ2v) is 9.67. The minimum atomic E-state index is 0. The standard InChI is InChI=1S/2C6H14O.4C5H12O.C4H10O2.2CH4/c2*1-3-5-6-7-4-2;4*1-3-4-5-6-2;1-2-3-4-6-5;;/h2*3-6H2,1-2H3;4*3-5H2,1-2H3;5H,2-4H2,1H3;2*1H4. The van der Waals surface area contributed by atoms with E-state index in [2.05, 4.69) is 46.4 Å². The molecule has 0 saturated heterocycles.